The fourth-order valence-corrected chi connectivity index (χ4v) is 3.52. The molecule has 6 heteroatoms. The van der Waals surface area contributed by atoms with E-state index in [9.17, 15) is 0 Å². The van der Waals surface area contributed by atoms with E-state index < -0.39 is 0 Å². The van der Waals surface area contributed by atoms with Crippen LogP contribution in [0.4, 0.5) is 5.95 Å². The molecule has 124 valence electrons. The van der Waals surface area contributed by atoms with Crippen molar-refractivity contribution in [1.82, 2.24) is 20.3 Å². The fraction of sp³-hybridized carbons (Fsp3) is 0.588. The summed E-state index contributed by atoms with van der Waals surface area (Å²) in [4.78, 5) is 16.0. The minimum atomic E-state index is 0.481. The molecular weight excluding hydrogens is 306 g/mol. The van der Waals surface area contributed by atoms with Gasteiger partial charge in [0, 0.05) is 42.4 Å². The van der Waals surface area contributed by atoms with Crippen LogP contribution in [0.1, 0.15) is 37.4 Å². The highest BCUT2D eigenvalue weighted by atomic mass is 32.1. The summed E-state index contributed by atoms with van der Waals surface area (Å²) in [5.41, 5.74) is 5.22. The number of hydrogen-bond donors (Lipinski definition) is 1. The normalized spacial score (nSPS) is 18.1. The first-order chi connectivity index (χ1) is 11.1. The molecule has 3 heterocycles. The van der Waals surface area contributed by atoms with E-state index in [0.29, 0.717) is 12.0 Å². The zero-order valence-corrected chi connectivity index (χ0v) is 14.9. The lowest BCUT2D eigenvalue weighted by atomic mass is 10.1. The van der Waals surface area contributed by atoms with Crippen LogP contribution >= 0.6 is 11.3 Å². The SMILES string of the molecule is Cc1cc(CC(C)C)nc(N2CC[C@H](NCc3cscn3)C2)n1. The van der Waals surface area contributed by atoms with Gasteiger partial charge in [0.1, 0.15) is 0 Å². The van der Waals surface area contributed by atoms with Gasteiger partial charge in [0.25, 0.3) is 0 Å². The van der Waals surface area contributed by atoms with Crippen LogP contribution < -0.4 is 10.2 Å². The van der Waals surface area contributed by atoms with E-state index in [0.717, 1.165) is 55.5 Å². The van der Waals surface area contributed by atoms with Gasteiger partial charge in [-0.25, -0.2) is 15.0 Å². The van der Waals surface area contributed by atoms with Gasteiger partial charge in [0.2, 0.25) is 5.95 Å². The first kappa shape index (κ1) is 16.3. The van der Waals surface area contributed by atoms with Crippen LogP contribution in [0.3, 0.4) is 0 Å². The van der Waals surface area contributed by atoms with Gasteiger partial charge >= 0.3 is 0 Å². The number of nitrogens with one attached hydrogen (secondary N) is 1. The van der Waals surface area contributed by atoms with Crippen molar-refractivity contribution in [1.29, 1.82) is 0 Å². The molecule has 0 saturated carbocycles. The Morgan fingerprint density at radius 3 is 2.96 bits per heavy atom. The maximum Gasteiger partial charge on any atom is 0.225 e. The second kappa shape index (κ2) is 7.36. The molecule has 0 aliphatic carbocycles. The second-order valence-corrected chi connectivity index (χ2v) is 7.41. The van der Waals surface area contributed by atoms with E-state index in [-0.39, 0.29) is 0 Å². The van der Waals surface area contributed by atoms with Crippen LogP contribution in [0, 0.1) is 12.8 Å². The Morgan fingerprint density at radius 2 is 2.22 bits per heavy atom. The summed E-state index contributed by atoms with van der Waals surface area (Å²) in [5.74, 6) is 1.50. The number of nitrogens with zero attached hydrogens (tertiary/aromatic N) is 4. The van der Waals surface area contributed by atoms with Crippen LogP contribution in [0.5, 0.6) is 0 Å². The monoisotopic (exact) mass is 331 g/mol. The minimum Gasteiger partial charge on any atom is -0.339 e. The third kappa shape index (κ3) is 4.48. The molecular formula is C17H25N5S. The molecule has 1 fully saturated rings. The Hall–Kier alpha value is -1.53. The molecule has 1 aliphatic heterocycles. The van der Waals surface area contributed by atoms with Gasteiger partial charge in [-0.2, -0.15) is 0 Å². The lowest BCUT2D eigenvalue weighted by Gasteiger charge is -2.18. The summed E-state index contributed by atoms with van der Waals surface area (Å²) in [5, 5.41) is 5.69. The van der Waals surface area contributed by atoms with Gasteiger partial charge < -0.3 is 10.2 Å². The molecule has 0 aromatic carbocycles. The number of aromatic nitrogens is 3. The molecule has 0 radical (unpaired) electrons. The maximum absolute atomic E-state index is 4.78. The van der Waals surface area contributed by atoms with Crippen LogP contribution in [0.2, 0.25) is 0 Å². The van der Waals surface area contributed by atoms with Crippen molar-refractivity contribution in [2.24, 2.45) is 5.92 Å². The second-order valence-electron chi connectivity index (χ2n) is 6.69. The Labute approximate surface area is 142 Å². The summed E-state index contributed by atoms with van der Waals surface area (Å²) in [6, 6.07) is 2.59. The van der Waals surface area contributed by atoms with Crippen molar-refractivity contribution in [2.75, 3.05) is 18.0 Å². The zero-order valence-electron chi connectivity index (χ0n) is 14.1. The summed E-state index contributed by atoms with van der Waals surface area (Å²) in [6.07, 6.45) is 2.14. The van der Waals surface area contributed by atoms with Crippen molar-refractivity contribution in [3.05, 3.63) is 34.0 Å². The van der Waals surface area contributed by atoms with E-state index in [4.69, 9.17) is 4.98 Å². The van der Waals surface area contributed by atoms with E-state index >= 15 is 0 Å². The Morgan fingerprint density at radius 1 is 1.35 bits per heavy atom. The van der Waals surface area contributed by atoms with Gasteiger partial charge in [-0.15, -0.1) is 11.3 Å². The molecule has 3 rings (SSSR count). The number of rotatable bonds is 6. The summed E-state index contributed by atoms with van der Waals surface area (Å²) in [7, 11) is 0. The molecule has 0 unspecified atom stereocenters. The van der Waals surface area contributed by atoms with E-state index in [1.54, 1.807) is 11.3 Å². The number of hydrogen-bond acceptors (Lipinski definition) is 6. The average Bonchev–Trinajstić information content (AvgIpc) is 3.15. The molecule has 23 heavy (non-hydrogen) atoms. The summed E-state index contributed by atoms with van der Waals surface area (Å²) in [6.45, 7) is 9.34. The number of thiazole rings is 1. The highest BCUT2D eigenvalue weighted by molar-refractivity contribution is 7.07. The maximum atomic E-state index is 4.78. The molecule has 1 saturated heterocycles. The quantitative estimate of drug-likeness (QED) is 0.882. The average molecular weight is 331 g/mol. The van der Waals surface area contributed by atoms with Crippen LogP contribution in [0.25, 0.3) is 0 Å². The van der Waals surface area contributed by atoms with Gasteiger partial charge in [-0.3, -0.25) is 0 Å². The van der Waals surface area contributed by atoms with Gasteiger partial charge in [-0.05, 0) is 31.7 Å². The van der Waals surface area contributed by atoms with E-state index in [1.807, 2.05) is 5.51 Å². The summed E-state index contributed by atoms with van der Waals surface area (Å²) < 4.78 is 0. The highest BCUT2D eigenvalue weighted by Gasteiger charge is 2.24. The highest BCUT2D eigenvalue weighted by Crippen LogP contribution is 2.19. The van der Waals surface area contributed by atoms with Crippen LogP contribution in [-0.2, 0) is 13.0 Å². The predicted molar refractivity (Wildman–Crippen MR) is 94.9 cm³/mol. The molecule has 0 bridgehead atoms. The molecule has 1 atom stereocenters. The molecule has 2 aromatic rings. The van der Waals surface area contributed by atoms with E-state index in [1.165, 1.54) is 0 Å². The fourth-order valence-electron chi connectivity index (χ4n) is 2.96. The Kier molecular flexibility index (Phi) is 5.23. The Balaban J connectivity index is 1.60. The third-order valence-electron chi connectivity index (χ3n) is 4.04. The van der Waals surface area contributed by atoms with Gasteiger partial charge in [-0.1, -0.05) is 13.8 Å². The molecule has 5 nitrogen and oxygen atoms in total. The standard InChI is InChI=1S/C17H25N5S/c1-12(2)6-15-7-13(3)20-17(21-15)22-5-4-14(9-22)18-8-16-10-23-11-19-16/h7,10-12,14,18H,4-6,8-9H2,1-3H3/t14-/m0/s1. The largest absolute Gasteiger partial charge is 0.339 e. The molecule has 0 spiro atoms. The van der Waals surface area contributed by atoms with Crippen molar-refractivity contribution >= 4 is 17.3 Å². The molecule has 1 aliphatic rings. The molecule has 1 N–H and O–H groups in total. The van der Waals surface area contributed by atoms with Crippen molar-refractivity contribution in [2.45, 2.75) is 46.2 Å². The Bertz CT molecular complexity index is 626. The minimum absolute atomic E-state index is 0.481. The first-order valence-electron chi connectivity index (χ1n) is 8.30. The zero-order chi connectivity index (χ0) is 16.2. The molecule has 0 amide bonds. The summed E-state index contributed by atoms with van der Waals surface area (Å²) >= 11 is 1.65. The van der Waals surface area contributed by atoms with Gasteiger partial charge in [0.05, 0.1) is 11.2 Å². The molecule has 2 aromatic heterocycles. The lowest BCUT2D eigenvalue weighted by molar-refractivity contribution is 0.546. The van der Waals surface area contributed by atoms with Crippen LogP contribution in [-0.4, -0.2) is 34.1 Å². The third-order valence-corrected chi connectivity index (χ3v) is 4.67. The first-order valence-corrected chi connectivity index (χ1v) is 9.24. The number of aryl methyl sites for hydroxylation is 1. The predicted octanol–water partition coefficient (Wildman–Crippen LogP) is 2.81. The smallest absolute Gasteiger partial charge is 0.225 e. The lowest BCUT2D eigenvalue weighted by Crippen LogP contribution is -2.32. The number of anilines is 1. The van der Waals surface area contributed by atoms with Crippen molar-refractivity contribution in [3.63, 3.8) is 0 Å². The van der Waals surface area contributed by atoms with Crippen molar-refractivity contribution < 1.29 is 0 Å². The van der Waals surface area contributed by atoms with Gasteiger partial charge in [0.15, 0.2) is 0 Å². The topological polar surface area (TPSA) is 53.9 Å². The van der Waals surface area contributed by atoms with E-state index in [2.05, 4.69) is 52.4 Å². The van der Waals surface area contributed by atoms with Crippen molar-refractivity contribution in [3.8, 4) is 0 Å². The van der Waals surface area contributed by atoms with Crippen LogP contribution in [0.15, 0.2) is 17.0 Å².